The number of aryl methyl sites for hydroxylation is 1. The van der Waals surface area contributed by atoms with Gasteiger partial charge in [-0.25, -0.2) is 0 Å². The molecule has 0 bridgehead atoms. The lowest BCUT2D eigenvalue weighted by Crippen LogP contribution is -2.38. The van der Waals surface area contributed by atoms with Crippen LogP contribution in [0.2, 0.25) is 0 Å². The fraction of sp³-hybridized carbons (Fsp3) is 0.333. The Morgan fingerprint density at radius 1 is 1.48 bits per heavy atom. The molecular formula is C15H18N4O2. The van der Waals surface area contributed by atoms with Crippen molar-refractivity contribution >= 4 is 17.3 Å². The van der Waals surface area contributed by atoms with Crippen molar-refractivity contribution in [2.45, 2.75) is 12.8 Å². The normalized spacial score (nSPS) is 13.7. The van der Waals surface area contributed by atoms with Gasteiger partial charge in [0.1, 0.15) is 5.75 Å². The summed E-state index contributed by atoms with van der Waals surface area (Å²) in [4.78, 5) is 14.2. The first kappa shape index (κ1) is 13.5. The topological polar surface area (TPSA) is 70.2 Å². The zero-order chi connectivity index (χ0) is 14.7. The standard InChI is InChI=1S/C15H18N4O2/c1-21-14-7-3-2-5-12(14)16-10-15(20)19-8-4-6-11-13(19)9-17-18-11/h2-3,5,7,9,16H,4,6,8,10H2,1H3,(H,17,18). The van der Waals surface area contributed by atoms with Crippen molar-refractivity contribution in [1.29, 1.82) is 0 Å². The molecule has 1 amide bonds. The Hall–Kier alpha value is -2.50. The SMILES string of the molecule is COc1ccccc1NCC(=O)N1CCCc2[nH]ncc21. The van der Waals surface area contributed by atoms with Gasteiger partial charge < -0.3 is 15.0 Å². The van der Waals surface area contributed by atoms with E-state index in [2.05, 4.69) is 15.5 Å². The second-order valence-electron chi connectivity index (χ2n) is 4.94. The lowest BCUT2D eigenvalue weighted by Gasteiger charge is -2.26. The first-order chi connectivity index (χ1) is 10.3. The minimum Gasteiger partial charge on any atom is -0.495 e. The molecule has 0 saturated carbocycles. The van der Waals surface area contributed by atoms with Crippen LogP contribution in [0, 0.1) is 0 Å². The van der Waals surface area contributed by atoms with E-state index < -0.39 is 0 Å². The zero-order valence-corrected chi connectivity index (χ0v) is 11.9. The molecule has 3 rings (SSSR count). The highest BCUT2D eigenvalue weighted by Gasteiger charge is 2.23. The van der Waals surface area contributed by atoms with Crippen molar-refractivity contribution in [1.82, 2.24) is 10.2 Å². The number of hydrogen-bond acceptors (Lipinski definition) is 4. The van der Waals surface area contributed by atoms with Crippen LogP contribution in [0.3, 0.4) is 0 Å². The quantitative estimate of drug-likeness (QED) is 0.899. The fourth-order valence-corrected chi connectivity index (χ4v) is 2.57. The van der Waals surface area contributed by atoms with Gasteiger partial charge in [0.2, 0.25) is 5.91 Å². The maximum Gasteiger partial charge on any atom is 0.246 e. The molecule has 1 aromatic heterocycles. The summed E-state index contributed by atoms with van der Waals surface area (Å²) in [5.41, 5.74) is 2.75. The van der Waals surface area contributed by atoms with E-state index in [1.54, 1.807) is 18.2 Å². The molecule has 0 fully saturated rings. The summed E-state index contributed by atoms with van der Waals surface area (Å²) in [6.07, 6.45) is 3.62. The number of amides is 1. The summed E-state index contributed by atoms with van der Waals surface area (Å²) < 4.78 is 5.26. The van der Waals surface area contributed by atoms with Gasteiger partial charge >= 0.3 is 0 Å². The Balaban J connectivity index is 1.68. The third kappa shape index (κ3) is 2.69. The average Bonchev–Trinajstić information content (AvgIpc) is 3.01. The minimum atomic E-state index is 0.0308. The highest BCUT2D eigenvalue weighted by atomic mass is 16.5. The van der Waals surface area contributed by atoms with Crippen molar-refractivity contribution in [3.05, 3.63) is 36.2 Å². The molecule has 0 saturated heterocycles. The van der Waals surface area contributed by atoms with Gasteiger partial charge in [-0.3, -0.25) is 9.89 Å². The lowest BCUT2D eigenvalue weighted by atomic mass is 10.1. The van der Waals surface area contributed by atoms with Crippen LogP contribution in [0.4, 0.5) is 11.4 Å². The number of H-pyrrole nitrogens is 1. The number of nitrogens with one attached hydrogen (secondary N) is 2. The van der Waals surface area contributed by atoms with Crippen molar-refractivity contribution < 1.29 is 9.53 Å². The molecule has 2 N–H and O–H groups in total. The molecule has 1 aliphatic heterocycles. The van der Waals surface area contributed by atoms with Gasteiger partial charge in [0, 0.05) is 6.54 Å². The number of para-hydroxylation sites is 2. The molecule has 2 aromatic rings. The highest BCUT2D eigenvalue weighted by Crippen LogP contribution is 2.26. The first-order valence-corrected chi connectivity index (χ1v) is 6.99. The van der Waals surface area contributed by atoms with Crippen LogP contribution in [0.25, 0.3) is 0 Å². The molecule has 0 aliphatic carbocycles. The van der Waals surface area contributed by atoms with Gasteiger partial charge in [-0.2, -0.15) is 5.10 Å². The minimum absolute atomic E-state index is 0.0308. The number of ether oxygens (including phenoxy) is 1. The molecule has 2 heterocycles. The third-order valence-corrected chi connectivity index (χ3v) is 3.63. The van der Waals surface area contributed by atoms with Crippen molar-refractivity contribution in [3.63, 3.8) is 0 Å². The Labute approximate surface area is 123 Å². The maximum absolute atomic E-state index is 12.4. The van der Waals surface area contributed by atoms with Crippen molar-refractivity contribution in [3.8, 4) is 5.75 Å². The first-order valence-electron chi connectivity index (χ1n) is 6.99. The van der Waals surface area contributed by atoms with E-state index in [0.717, 1.165) is 42.2 Å². The molecule has 6 heteroatoms. The van der Waals surface area contributed by atoms with Crippen LogP contribution in [-0.4, -0.2) is 36.3 Å². The molecule has 21 heavy (non-hydrogen) atoms. The van der Waals surface area contributed by atoms with E-state index in [1.807, 2.05) is 24.3 Å². The highest BCUT2D eigenvalue weighted by molar-refractivity contribution is 5.97. The van der Waals surface area contributed by atoms with Crippen LogP contribution < -0.4 is 15.0 Å². The Kier molecular flexibility index (Phi) is 3.77. The summed E-state index contributed by atoms with van der Waals surface area (Å²) in [5.74, 6) is 0.760. The number of methoxy groups -OCH3 is 1. The number of hydrogen-bond donors (Lipinski definition) is 2. The number of aromatic amines is 1. The monoisotopic (exact) mass is 286 g/mol. The van der Waals surface area contributed by atoms with Crippen LogP contribution in [0.5, 0.6) is 5.75 Å². The molecule has 110 valence electrons. The largest absolute Gasteiger partial charge is 0.495 e. The second kappa shape index (κ2) is 5.87. The zero-order valence-electron chi connectivity index (χ0n) is 11.9. The van der Waals surface area contributed by atoms with Crippen LogP contribution >= 0.6 is 0 Å². The fourth-order valence-electron chi connectivity index (χ4n) is 2.57. The molecule has 0 atom stereocenters. The van der Waals surface area contributed by atoms with Crippen molar-refractivity contribution in [2.75, 3.05) is 30.4 Å². The molecule has 6 nitrogen and oxygen atoms in total. The van der Waals surface area contributed by atoms with E-state index in [4.69, 9.17) is 4.74 Å². The van der Waals surface area contributed by atoms with Gasteiger partial charge in [-0.15, -0.1) is 0 Å². The number of anilines is 2. The molecular weight excluding hydrogens is 268 g/mol. The van der Waals surface area contributed by atoms with E-state index in [-0.39, 0.29) is 12.5 Å². The lowest BCUT2D eigenvalue weighted by molar-refractivity contribution is -0.117. The van der Waals surface area contributed by atoms with Crippen LogP contribution in [-0.2, 0) is 11.2 Å². The maximum atomic E-state index is 12.4. The van der Waals surface area contributed by atoms with Crippen LogP contribution in [0.1, 0.15) is 12.1 Å². The predicted octanol–water partition coefficient (Wildman–Crippen LogP) is 1.81. The molecule has 0 unspecified atom stereocenters. The Bertz CT molecular complexity index is 638. The van der Waals surface area contributed by atoms with Gasteiger partial charge in [0.25, 0.3) is 0 Å². The Morgan fingerprint density at radius 3 is 3.19 bits per heavy atom. The summed E-state index contributed by atoms with van der Waals surface area (Å²) in [5, 5.41) is 10.1. The number of rotatable bonds is 4. The van der Waals surface area contributed by atoms with E-state index >= 15 is 0 Å². The van der Waals surface area contributed by atoms with Crippen LogP contribution in [0.15, 0.2) is 30.5 Å². The second-order valence-corrected chi connectivity index (χ2v) is 4.94. The van der Waals surface area contributed by atoms with E-state index in [9.17, 15) is 4.79 Å². The number of carbonyl (C=O) groups excluding carboxylic acids is 1. The number of carbonyl (C=O) groups is 1. The van der Waals surface area contributed by atoms with E-state index in [1.165, 1.54) is 0 Å². The Morgan fingerprint density at radius 2 is 2.33 bits per heavy atom. The van der Waals surface area contributed by atoms with Gasteiger partial charge in [-0.05, 0) is 25.0 Å². The number of benzene rings is 1. The summed E-state index contributed by atoms with van der Waals surface area (Å²) in [7, 11) is 1.62. The van der Waals surface area contributed by atoms with Crippen molar-refractivity contribution in [2.24, 2.45) is 0 Å². The predicted molar refractivity (Wildman–Crippen MR) is 80.7 cm³/mol. The number of aromatic nitrogens is 2. The summed E-state index contributed by atoms with van der Waals surface area (Å²) >= 11 is 0. The average molecular weight is 286 g/mol. The molecule has 1 aromatic carbocycles. The molecule has 0 radical (unpaired) electrons. The third-order valence-electron chi connectivity index (χ3n) is 3.63. The summed E-state index contributed by atoms with van der Waals surface area (Å²) in [6, 6.07) is 7.56. The molecule has 1 aliphatic rings. The van der Waals surface area contributed by atoms with E-state index in [0.29, 0.717) is 0 Å². The number of nitrogens with zero attached hydrogens (tertiary/aromatic N) is 2. The van der Waals surface area contributed by atoms with Gasteiger partial charge in [0.05, 0.1) is 36.9 Å². The summed E-state index contributed by atoms with van der Waals surface area (Å²) in [6.45, 7) is 0.962. The molecule has 0 spiro atoms. The van der Waals surface area contributed by atoms with Gasteiger partial charge in [-0.1, -0.05) is 12.1 Å². The number of fused-ring (bicyclic) bond motifs is 1. The van der Waals surface area contributed by atoms with Gasteiger partial charge in [0.15, 0.2) is 0 Å². The smallest absolute Gasteiger partial charge is 0.246 e.